The van der Waals surface area contributed by atoms with Crippen molar-refractivity contribution >= 4 is 0 Å². The Kier molecular flexibility index (Phi) is 5.01. The highest BCUT2D eigenvalue weighted by Gasteiger charge is 2.40. The standard InChI is InChI=1S/C14H29N3O/c1-3-13-11-14(12-15,5-10-18-13)17-7-4-6-16(2)8-9-17/h13H,3-12,15H2,1-2H3. The van der Waals surface area contributed by atoms with E-state index in [1.807, 2.05) is 0 Å². The van der Waals surface area contributed by atoms with E-state index in [-0.39, 0.29) is 5.54 Å². The molecule has 0 amide bonds. The van der Waals surface area contributed by atoms with Gasteiger partial charge in [0.25, 0.3) is 0 Å². The molecule has 0 bridgehead atoms. The highest BCUT2D eigenvalue weighted by atomic mass is 16.5. The van der Waals surface area contributed by atoms with E-state index in [2.05, 4.69) is 23.8 Å². The molecule has 0 radical (unpaired) electrons. The summed E-state index contributed by atoms with van der Waals surface area (Å²) >= 11 is 0. The molecule has 2 aliphatic rings. The molecular weight excluding hydrogens is 226 g/mol. The highest BCUT2D eigenvalue weighted by Crippen LogP contribution is 2.32. The van der Waals surface area contributed by atoms with Crippen molar-refractivity contribution in [3.05, 3.63) is 0 Å². The number of rotatable bonds is 3. The number of nitrogens with zero attached hydrogens (tertiary/aromatic N) is 2. The van der Waals surface area contributed by atoms with E-state index in [4.69, 9.17) is 10.5 Å². The molecule has 18 heavy (non-hydrogen) atoms. The van der Waals surface area contributed by atoms with Gasteiger partial charge in [0.2, 0.25) is 0 Å². The number of hydrogen-bond donors (Lipinski definition) is 1. The summed E-state index contributed by atoms with van der Waals surface area (Å²) in [6.07, 6.45) is 4.99. The summed E-state index contributed by atoms with van der Waals surface area (Å²) < 4.78 is 5.83. The third-order valence-corrected chi connectivity index (χ3v) is 4.75. The minimum Gasteiger partial charge on any atom is -0.378 e. The van der Waals surface area contributed by atoms with Crippen molar-refractivity contribution in [3.8, 4) is 0 Å². The maximum atomic E-state index is 6.16. The van der Waals surface area contributed by atoms with E-state index in [9.17, 15) is 0 Å². The Morgan fingerprint density at radius 2 is 2.11 bits per heavy atom. The molecule has 4 nitrogen and oxygen atoms in total. The van der Waals surface area contributed by atoms with Crippen molar-refractivity contribution in [2.75, 3.05) is 46.4 Å². The van der Waals surface area contributed by atoms with Gasteiger partial charge in [0.1, 0.15) is 0 Å². The van der Waals surface area contributed by atoms with E-state index in [1.165, 1.54) is 26.1 Å². The molecule has 2 N–H and O–H groups in total. The molecular formula is C14H29N3O. The molecule has 4 heteroatoms. The van der Waals surface area contributed by atoms with Gasteiger partial charge in [-0.05, 0) is 39.3 Å². The largest absolute Gasteiger partial charge is 0.378 e. The van der Waals surface area contributed by atoms with Crippen LogP contribution in [0.15, 0.2) is 0 Å². The first-order valence-corrected chi connectivity index (χ1v) is 7.45. The lowest BCUT2D eigenvalue weighted by atomic mass is 9.84. The third kappa shape index (κ3) is 3.05. The molecule has 2 aliphatic heterocycles. The lowest BCUT2D eigenvalue weighted by Gasteiger charge is -2.47. The fourth-order valence-electron chi connectivity index (χ4n) is 3.39. The van der Waals surface area contributed by atoms with Crippen molar-refractivity contribution in [1.82, 2.24) is 9.80 Å². The smallest absolute Gasteiger partial charge is 0.0590 e. The van der Waals surface area contributed by atoms with Gasteiger partial charge in [-0.3, -0.25) is 4.90 Å². The van der Waals surface area contributed by atoms with Crippen LogP contribution >= 0.6 is 0 Å². The summed E-state index contributed by atoms with van der Waals surface area (Å²) in [5.41, 5.74) is 6.36. The number of likely N-dealkylation sites (N-methyl/N-ethyl adjacent to an activating group) is 1. The van der Waals surface area contributed by atoms with Crippen molar-refractivity contribution in [3.63, 3.8) is 0 Å². The van der Waals surface area contributed by atoms with Crippen LogP contribution in [0.4, 0.5) is 0 Å². The molecule has 0 saturated carbocycles. The van der Waals surface area contributed by atoms with E-state index >= 15 is 0 Å². The lowest BCUT2D eigenvalue weighted by molar-refractivity contribution is -0.0708. The average Bonchev–Trinajstić information content (AvgIpc) is 2.64. The first-order chi connectivity index (χ1) is 8.70. The summed E-state index contributed by atoms with van der Waals surface area (Å²) in [6, 6.07) is 0. The molecule has 2 rings (SSSR count). The Morgan fingerprint density at radius 1 is 1.28 bits per heavy atom. The number of ether oxygens (including phenoxy) is 1. The quantitative estimate of drug-likeness (QED) is 0.814. The Hall–Kier alpha value is -0.160. The molecule has 2 saturated heterocycles. The molecule has 0 aromatic heterocycles. The minimum absolute atomic E-state index is 0.199. The van der Waals surface area contributed by atoms with E-state index in [0.29, 0.717) is 6.10 Å². The van der Waals surface area contributed by atoms with E-state index in [0.717, 1.165) is 39.0 Å². The predicted octanol–water partition coefficient (Wildman–Crippen LogP) is 0.910. The summed E-state index contributed by atoms with van der Waals surface area (Å²) in [4.78, 5) is 5.09. The first-order valence-electron chi connectivity index (χ1n) is 7.45. The van der Waals surface area contributed by atoms with E-state index in [1.54, 1.807) is 0 Å². The second-order valence-corrected chi connectivity index (χ2v) is 5.93. The van der Waals surface area contributed by atoms with Gasteiger partial charge < -0.3 is 15.4 Å². The molecule has 0 aliphatic carbocycles. The minimum atomic E-state index is 0.199. The van der Waals surface area contributed by atoms with Crippen LogP contribution in [0.2, 0.25) is 0 Å². The summed E-state index contributed by atoms with van der Waals surface area (Å²) in [5.74, 6) is 0. The summed E-state index contributed by atoms with van der Waals surface area (Å²) in [5, 5.41) is 0. The van der Waals surface area contributed by atoms with Gasteiger partial charge in [-0.25, -0.2) is 0 Å². The molecule has 106 valence electrons. The van der Waals surface area contributed by atoms with Gasteiger partial charge in [0.05, 0.1) is 6.10 Å². The molecule has 0 aromatic rings. The van der Waals surface area contributed by atoms with Gasteiger partial charge in [-0.15, -0.1) is 0 Å². The second kappa shape index (κ2) is 6.33. The van der Waals surface area contributed by atoms with Crippen LogP contribution < -0.4 is 5.73 Å². The van der Waals surface area contributed by atoms with Crippen LogP contribution in [0.5, 0.6) is 0 Å². The normalized spacial score (nSPS) is 36.5. The van der Waals surface area contributed by atoms with Crippen LogP contribution in [0, 0.1) is 0 Å². The zero-order valence-corrected chi connectivity index (χ0v) is 12.0. The lowest BCUT2D eigenvalue weighted by Crippen LogP contribution is -2.59. The Bertz CT molecular complexity index is 261. The molecule has 0 aromatic carbocycles. The summed E-state index contributed by atoms with van der Waals surface area (Å²) in [7, 11) is 2.22. The maximum absolute atomic E-state index is 6.16. The topological polar surface area (TPSA) is 41.7 Å². The SMILES string of the molecule is CCC1CC(CN)(N2CCCN(C)CC2)CCO1. The van der Waals surface area contributed by atoms with Gasteiger partial charge in [0, 0.05) is 38.3 Å². The maximum Gasteiger partial charge on any atom is 0.0590 e. The molecule has 2 heterocycles. The van der Waals surface area contributed by atoms with E-state index < -0.39 is 0 Å². The zero-order valence-electron chi connectivity index (χ0n) is 12.0. The van der Waals surface area contributed by atoms with Crippen molar-refractivity contribution in [2.24, 2.45) is 5.73 Å². The molecule has 0 spiro atoms. The third-order valence-electron chi connectivity index (χ3n) is 4.75. The van der Waals surface area contributed by atoms with Crippen LogP contribution in [0.1, 0.15) is 32.6 Å². The number of nitrogens with two attached hydrogens (primary N) is 1. The first kappa shape index (κ1) is 14.3. The van der Waals surface area contributed by atoms with Crippen LogP contribution in [-0.4, -0.2) is 67.8 Å². The fraction of sp³-hybridized carbons (Fsp3) is 1.00. The van der Waals surface area contributed by atoms with Crippen LogP contribution in [-0.2, 0) is 4.74 Å². The highest BCUT2D eigenvalue weighted by molar-refractivity contribution is 4.97. The van der Waals surface area contributed by atoms with Crippen molar-refractivity contribution in [2.45, 2.75) is 44.2 Å². The predicted molar refractivity (Wildman–Crippen MR) is 74.7 cm³/mol. The monoisotopic (exact) mass is 255 g/mol. The van der Waals surface area contributed by atoms with Crippen molar-refractivity contribution < 1.29 is 4.74 Å². The van der Waals surface area contributed by atoms with Gasteiger partial charge in [-0.1, -0.05) is 6.92 Å². The van der Waals surface area contributed by atoms with Crippen LogP contribution in [0.25, 0.3) is 0 Å². The van der Waals surface area contributed by atoms with Gasteiger partial charge in [0.15, 0.2) is 0 Å². The molecule has 2 unspecified atom stereocenters. The van der Waals surface area contributed by atoms with Gasteiger partial charge >= 0.3 is 0 Å². The van der Waals surface area contributed by atoms with Crippen LogP contribution in [0.3, 0.4) is 0 Å². The molecule has 2 fully saturated rings. The zero-order chi connectivity index (χ0) is 13.0. The second-order valence-electron chi connectivity index (χ2n) is 5.93. The Balaban J connectivity index is 2.05. The van der Waals surface area contributed by atoms with Crippen molar-refractivity contribution in [1.29, 1.82) is 0 Å². The number of hydrogen-bond acceptors (Lipinski definition) is 4. The Labute approximate surface area is 111 Å². The summed E-state index contributed by atoms with van der Waals surface area (Å²) in [6.45, 7) is 8.60. The van der Waals surface area contributed by atoms with Gasteiger partial charge in [-0.2, -0.15) is 0 Å². The fourth-order valence-corrected chi connectivity index (χ4v) is 3.39. The Morgan fingerprint density at radius 3 is 2.83 bits per heavy atom. The average molecular weight is 255 g/mol. The molecule has 2 atom stereocenters.